The van der Waals surface area contributed by atoms with E-state index in [0.717, 1.165) is 45.0 Å². The summed E-state index contributed by atoms with van der Waals surface area (Å²) in [5.74, 6) is 0. The molecule has 0 aromatic heterocycles. The minimum Gasteiger partial charge on any atom is -0.399 e. The maximum absolute atomic E-state index is 5.85. The van der Waals surface area contributed by atoms with Gasteiger partial charge in [-0.2, -0.15) is 0 Å². The highest BCUT2D eigenvalue weighted by atomic mass is 15.3. The normalized spacial score (nSPS) is 16.9. The Kier molecular flexibility index (Phi) is 5.46. The Balaban J connectivity index is 1.42. The van der Waals surface area contributed by atoms with Crippen LogP contribution < -0.4 is 5.73 Å². The molecule has 3 heteroatoms. The first-order valence-corrected chi connectivity index (χ1v) is 8.30. The topological polar surface area (TPSA) is 32.5 Å². The summed E-state index contributed by atoms with van der Waals surface area (Å²) < 4.78 is 0. The Morgan fingerprint density at radius 3 is 2.35 bits per heavy atom. The Labute approximate surface area is 139 Å². The van der Waals surface area contributed by atoms with E-state index in [-0.39, 0.29) is 0 Å². The summed E-state index contributed by atoms with van der Waals surface area (Å²) in [6, 6.07) is 18.7. The van der Waals surface area contributed by atoms with Gasteiger partial charge >= 0.3 is 0 Å². The van der Waals surface area contributed by atoms with Crippen molar-refractivity contribution in [3.05, 3.63) is 71.8 Å². The molecule has 120 valence electrons. The number of nitrogen functional groups attached to an aromatic ring is 1. The van der Waals surface area contributed by atoms with Gasteiger partial charge in [-0.05, 0) is 23.3 Å². The van der Waals surface area contributed by atoms with E-state index in [1.165, 1.54) is 11.1 Å². The fraction of sp³-hybridized carbons (Fsp3) is 0.300. The predicted molar refractivity (Wildman–Crippen MR) is 98.0 cm³/mol. The van der Waals surface area contributed by atoms with Crippen molar-refractivity contribution in [1.82, 2.24) is 9.80 Å². The third kappa shape index (κ3) is 4.95. The lowest BCUT2D eigenvalue weighted by molar-refractivity contribution is 0.137. The number of nitrogens with zero attached hydrogens (tertiary/aromatic N) is 2. The van der Waals surface area contributed by atoms with Crippen LogP contribution in [-0.4, -0.2) is 42.5 Å². The molecule has 2 aromatic rings. The van der Waals surface area contributed by atoms with Crippen molar-refractivity contribution in [2.24, 2.45) is 0 Å². The van der Waals surface area contributed by atoms with E-state index in [1.807, 2.05) is 12.1 Å². The third-order valence-electron chi connectivity index (χ3n) is 4.30. The van der Waals surface area contributed by atoms with Gasteiger partial charge in [0.2, 0.25) is 0 Å². The Bertz CT molecular complexity index is 628. The molecule has 0 unspecified atom stereocenters. The van der Waals surface area contributed by atoms with E-state index >= 15 is 0 Å². The molecular weight excluding hydrogens is 282 g/mol. The molecule has 2 aromatic carbocycles. The fourth-order valence-electron chi connectivity index (χ4n) is 2.98. The zero-order valence-electron chi connectivity index (χ0n) is 13.6. The molecule has 0 saturated carbocycles. The van der Waals surface area contributed by atoms with Crippen molar-refractivity contribution in [2.75, 3.05) is 38.5 Å². The minimum absolute atomic E-state index is 0.854. The first-order valence-electron chi connectivity index (χ1n) is 8.30. The van der Waals surface area contributed by atoms with Crippen LogP contribution in [0.1, 0.15) is 11.1 Å². The van der Waals surface area contributed by atoms with E-state index < -0.39 is 0 Å². The second-order valence-corrected chi connectivity index (χ2v) is 6.13. The SMILES string of the molecule is Nc1cccc(CN2CCN(CC=Cc3ccccc3)CC2)c1. The minimum atomic E-state index is 0.854. The summed E-state index contributed by atoms with van der Waals surface area (Å²) >= 11 is 0. The molecule has 0 atom stereocenters. The number of rotatable bonds is 5. The van der Waals surface area contributed by atoms with Gasteiger partial charge in [-0.3, -0.25) is 9.80 Å². The molecule has 1 saturated heterocycles. The van der Waals surface area contributed by atoms with E-state index in [0.29, 0.717) is 0 Å². The Morgan fingerprint density at radius 2 is 1.61 bits per heavy atom. The third-order valence-corrected chi connectivity index (χ3v) is 4.30. The molecule has 1 heterocycles. The molecule has 3 rings (SSSR count). The van der Waals surface area contributed by atoms with Crippen LogP contribution >= 0.6 is 0 Å². The fourth-order valence-corrected chi connectivity index (χ4v) is 2.98. The van der Waals surface area contributed by atoms with Gasteiger partial charge in [-0.25, -0.2) is 0 Å². The van der Waals surface area contributed by atoms with E-state index in [1.54, 1.807) is 0 Å². The standard InChI is InChI=1S/C20H25N3/c21-20-10-4-8-19(16-20)17-23-14-12-22(13-15-23)11-5-9-18-6-2-1-3-7-18/h1-10,16H,11-15,17,21H2. The van der Waals surface area contributed by atoms with Crippen LogP contribution in [0.4, 0.5) is 5.69 Å². The van der Waals surface area contributed by atoms with Crippen LogP contribution in [0, 0.1) is 0 Å². The molecule has 0 aliphatic carbocycles. The zero-order valence-corrected chi connectivity index (χ0v) is 13.6. The molecule has 0 bridgehead atoms. The summed E-state index contributed by atoms with van der Waals surface area (Å²) in [5.41, 5.74) is 9.29. The van der Waals surface area contributed by atoms with Crippen molar-refractivity contribution >= 4 is 11.8 Å². The van der Waals surface area contributed by atoms with Crippen LogP contribution in [0.15, 0.2) is 60.7 Å². The van der Waals surface area contributed by atoms with Gasteiger partial charge in [-0.15, -0.1) is 0 Å². The van der Waals surface area contributed by atoms with Gasteiger partial charge in [0.25, 0.3) is 0 Å². The molecular formula is C20H25N3. The molecule has 0 amide bonds. The number of hydrogen-bond donors (Lipinski definition) is 1. The van der Waals surface area contributed by atoms with Crippen LogP contribution in [0.2, 0.25) is 0 Å². The number of anilines is 1. The second kappa shape index (κ2) is 7.95. The monoisotopic (exact) mass is 307 g/mol. The lowest BCUT2D eigenvalue weighted by Crippen LogP contribution is -2.45. The molecule has 2 N–H and O–H groups in total. The molecule has 1 fully saturated rings. The number of hydrogen-bond acceptors (Lipinski definition) is 3. The van der Waals surface area contributed by atoms with Gasteiger partial charge in [-0.1, -0.05) is 54.6 Å². The Morgan fingerprint density at radius 1 is 0.870 bits per heavy atom. The van der Waals surface area contributed by atoms with Crippen LogP contribution in [0.25, 0.3) is 6.08 Å². The van der Waals surface area contributed by atoms with Gasteiger partial charge in [0, 0.05) is 45.0 Å². The van der Waals surface area contributed by atoms with Crippen LogP contribution in [0.3, 0.4) is 0 Å². The maximum atomic E-state index is 5.85. The van der Waals surface area contributed by atoms with E-state index in [2.05, 4.69) is 64.4 Å². The summed E-state index contributed by atoms with van der Waals surface area (Å²) in [5, 5.41) is 0. The average Bonchev–Trinajstić information content (AvgIpc) is 2.58. The van der Waals surface area contributed by atoms with Crippen molar-refractivity contribution in [2.45, 2.75) is 6.54 Å². The molecule has 1 aliphatic rings. The van der Waals surface area contributed by atoms with Gasteiger partial charge in [0.1, 0.15) is 0 Å². The summed E-state index contributed by atoms with van der Waals surface area (Å²) in [6.07, 6.45) is 4.47. The van der Waals surface area contributed by atoms with Gasteiger partial charge in [0.05, 0.1) is 0 Å². The lowest BCUT2D eigenvalue weighted by atomic mass is 10.1. The van der Waals surface area contributed by atoms with Crippen molar-refractivity contribution < 1.29 is 0 Å². The summed E-state index contributed by atoms with van der Waals surface area (Å²) in [4.78, 5) is 5.02. The van der Waals surface area contributed by atoms with Gasteiger partial charge in [0.15, 0.2) is 0 Å². The molecule has 1 aliphatic heterocycles. The first kappa shape index (κ1) is 15.8. The molecule has 0 radical (unpaired) electrons. The molecule has 23 heavy (non-hydrogen) atoms. The average molecular weight is 307 g/mol. The number of benzene rings is 2. The lowest BCUT2D eigenvalue weighted by Gasteiger charge is -2.34. The maximum Gasteiger partial charge on any atom is 0.0317 e. The quantitative estimate of drug-likeness (QED) is 0.862. The van der Waals surface area contributed by atoms with Crippen LogP contribution in [0.5, 0.6) is 0 Å². The predicted octanol–water partition coefficient (Wildman–Crippen LogP) is 3.10. The number of piperazine rings is 1. The Hall–Kier alpha value is -2.10. The summed E-state index contributed by atoms with van der Waals surface area (Å²) in [7, 11) is 0. The number of nitrogens with two attached hydrogens (primary N) is 1. The zero-order chi connectivity index (χ0) is 15.9. The first-order chi connectivity index (χ1) is 11.3. The highest BCUT2D eigenvalue weighted by Gasteiger charge is 2.15. The molecule has 0 spiro atoms. The van der Waals surface area contributed by atoms with Crippen molar-refractivity contribution in [3.63, 3.8) is 0 Å². The second-order valence-electron chi connectivity index (χ2n) is 6.13. The van der Waals surface area contributed by atoms with Crippen molar-refractivity contribution in [1.29, 1.82) is 0 Å². The summed E-state index contributed by atoms with van der Waals surface area (Å²) in [6.45, 7) is 6.52. The van der Waals surface area contributed by atoms with E-state index in [9.17, 15) is 0 Å². The highest BCUT2D eigenvalue weighted by molar-refractivity contribution is 5.48. The van der Waals surface area contributed by atoms with Crippen LogP contribution in [-0.2, 0) is 6.54 Å². The highest BCUT2D eigenvalue weighted by Crippen LogP contribution is 2.12. The molecule has 3 nitrogen and oxygen atoms in total. The largest absolute Gasteiger partial charge is 0.399 e. The van der Waals surface area contributed by atoms with Gasteiger partial charge < -0.3 is 5.73 Å². The van der Waals surface area contributed by atoms with Crippen molar-refractivity contribution in [3.8, 4) is 0 Å². The smallest absolute Gasteiger partial charge is 0.0317 e. The van der Waals surface area contributed by atoms with E-state index in [4.69, 9.17) is 5.73 Å².